The number of amides is 1. The Morgan fingerprint density at radius 1 is 1.04 bits per heavy atom. The number of benzene rings is 2. The van der Waals surface area contributed by atoms with Gasteiger partial charge >= 0.3 is 0 Å². The fraction of sp³-hybridized carbons (Fsp3) is 0.190. The van der Waals surface area contributed by atoms with E-state index in [1.807, 2.05) is 55.5 Å². The number of nitrogens with zero attached hydrogens (tertiary/aromatic N) is 2. The van der Waals surface area contributed by atoms with Gasteiger partial charge in [0.1, 0.15) is 6.33 Å². The second-order valence-electron chi connectivity index (χ2n) is 5.98. The fourth-order valence-corrected chi connectivity index (χ4v) is 2.54. The molecule has 1 heterocycles. The highest BCUT2D eigenvalue weighted by Crippen LogP contribution is 2.27. The third-order valence-corrected chi connectivity index (χ3v) is 3.94. The SMILES string of the molecule is COc1cc(C)ccc1OCC(=O)NCc1cc(-c2ccccc2)ncn1. The minimum atomic E-state index is -0.238. The number of methoxy groups -OCH3 is 1. The molecule has 3 rings (SSSR count). The predicted molar refractivity (Wildman–Crippen MR) is 103 cm³/mol. The number of ether oxygens (including phenoxy) is 2. The van der Waals surface area contributed by atoms with Crippen molar-refractivity contribution >= 4 is 5.91 Å². The molecule has 3 aromatic rings. The Morgan fingerprint density at radius 2 is 1.85 bits per heavy atom. The largest absolute Gasteiger partial charge is 0.493 e. The molecule has 0 fully saturated rings. The summed E-state index contributed by atoms with van der Waals surface area (Å²) in [6, 6.07) is 17.2. The molecule has 6 nitrogen and oxygen atoms in total. The molecule has 0 aliphatic carbocycles. The summed E-state index contributed by atoms with van der Waals surface area (Å²) in [4.78, 5) is 20.6. The number of carbonyl (C=O) groups excluding carboxylic acids is 1. The van der Waals surface area contributed by atoms with Crippen LogP contribution in [0.4, 0.5) is 0 Å². The molecule has 1 N–H and O–H groups in total. The second-order valence-corrected chi connectivity index (χ2v) is 5.98. The van der Waals surface area contributed by atoms with Crippen LogP contribution in [0, 0.1) is 6.92 Å². The molecule has 0 atom stereocenters. The highest BCUT2D eigenvalue weighted by Gasteiger charge is 2.09. The maximum absolute atomic E-state index is 12.1. The third kappa shape index (κ3) is 5.04. The monoisotopic (exact) mass is 363 g/mol. The average molecular weight is 363 g/mol. The molecule has 0 saturated heterocycles. The highest BCUT2D eigenvalue weighted by atomic mass is 16.5. The van der Waals surface area contributed by atoms with Crippen LogP contribution in [0.3, 0.4) is 0 Å². The van der Waals surface area contributed by atoms with Gasteiger partial charge in [-0.2, -0.15) is 0 Å². The Hall–Kier alpha value is -3.41. The first-order chi connectivity index (χ1) is 13.2. The zero-order valence-electron chi connectivity index (χ0n) is 15.3. The Morgan fingerprint density at radius 3 is 2.63 bits per heavy atom. The molecule has 6 heteroatoms. The van der Waals surface area contributed by atoms with E-state index in [4.69, 9.17) is 9.47 Å². The number of carbonyl (C=O) groups is 1. The molecule has 0 bridgehead atoms. The molecule has 0 aliphatic rings. The smallest absolute Gasteiger partial charge is 0.258 e. The van der Waals surface area contributed by atoms with E-state index in [0.717, 1.165) is 22.5 Å². The van der Waals surface area contributed by atoms with E-state index in [1.54, 1.807) is 13.2 Å². The van der Waals surface area contributed by atoms with Gasteiger partial charge in [-0.25, -0.2) is 9.97 Å². The maximum atomic E-state index is 12.1. The summed E-state index contributed by atoms with van der Waals surface area (Å²) in [5.74, 6) is 0.898. The number of aryl methyl sites for hydroxylation is 1. The van der Waals surface area contributed by atoms with Crippen molar-refractivity contribution in [3.05, 3.63) is 72.2 Å². The van der Waals surface area contributed by atoms with Crippen molar-refractivity contribution in [1.29, 1.82) is 0 Å². The molecule has 0 unspecified atom stereocenters. The van der Waals surface area contributed by atoms with E-state index < -0.39 is 0 Å². The van der Waals surface area contributed by atoms with E-state index in [9.17, 15) is 4.79 Å². The van der Waals surface area contributed by atoms with Crippen molar-refractivity contribution in [1.82, 2.24) is 15.3 Å². The number of aromatic nitrogens is 2. The minimum absolute atomic E-state index is 0.101. The topological polar surface area (TPSA) is 73.3 Å². The summed E-state index contributed by atoms with van der Waals surface area (Å²) in [6.07, 6.45) is 1.50. The zero-order valence-corrected chi connectivity index (χ0v) is 15.3. The summed E-state index contributed by atoms with van der Waals surface area (Å²) in [5, 5.41) is 2.80. The lowest BCUT2D eigenvalue weighted by Crippen LogP contribution is -2.28. The first kappa shape index (κ1) is 18.4. The van der Waals surface area contributed by atoms with Crippen LogP contribution in [0.15, 0.2) is 60.9 Å². The van der Waals surface area contributed by atoms with Crippen LogP contribution in [0.1, 0.15) is 11.3 Å². The Kier molecular flexibility index (Phi) is 5.99. The van der Waals surface area contributed by atoms with Gasteiger partial charge in [0.15, 0.2) is 18.1 Å². The molecule has 0 aliphatic heterocycles. The van der Waals surface area contributed by atoms with Crippen LogP contribution in [0.2, 0.25) is 0 Å². The summed E-state index contributed by atoms with van der Waals surface area (Å²) in [7, 11) is 1.57. The van der Waals surface area contributed by atoms with E-state index in [-0.39, 0.29) is 12.5 Å². The summed E-state index contributed by atoms with van der Waals surface area (Å²) in [6.45, 7) is 2.16. The molecule has 0 saturated carbocycles. The van der Waals surface area contributed by atoms with Gasteiger partial charge in [-0.3, -0.25) is 4.79 Å². The van der Waals surface area contributed by atoms with Gasteiger partial charge in [0.2, 0.25) is 0 Å². The lowest BCUT2D eigenvalue weighted by molar-refractivity contribution is -0.123. The first-order valence-electron chi connectivity index (χ1n) is 8.56. The molecule has 1 amide bonds. The van der Waals surface area contributed by atoms with Gasteiger partial charge in [-0.05, 0) is 30.7 Å². The molecule has 138 valence electrons. The van der Waals surface area contributed by atoms with E-state index >= 15 is 0 Å². The molecule has 27 heavy (non-hydrogen) atoms. The van der Waals surface area contributed by atoms with Crippen molar-refractivity contribution in [3.8, 4) is 22.8 Å². The van der Waals surface area contributed by atoms with E-state index in [0.29, 0.717) is 18.0 Å². The predicted octanol–water partition coefficient (Wildman–Crippen LogP) is 3.16. The van der Waals surface area contributed by atoms with Crippen LogP contribution in [-0.4, -0.2) is 29.6 Å². The van der Waals surface area contributed by atoms with Crippen LogP contribution in [0.5, 0.6) is 11.5 Å². The van der Waals surface area contributed by atoms with Gasteiger partial charge in [-0.1, -0.05) is 36.4 Å². The normalized spacial score (nSPS) is 10.3. The first-order valence-corrected chi connectivity index (χ1v) is 8.56. The standard InChI is InChI=1S/C21H21N3O3/c1-15-8-9-19(20(10-15)26-2)27-13-21(25)22-12-17-11-18(24-14-23-17)16-6-4-3-5-7-16/h3-11,14H,12-13H2,1-2H3,(H,22,25). The molecular weight excluding hydrogens is 342 g/mol. The third-order valence-electron chi connectivity index (χ3n) is 3.94. The van der Waals surface area contributed by atoms with E-state index in [1.165, 1.54) is 6.33 Å². The van der Waals surface area contributed by atoms with Crippen molar-refractivity contribution in [2.45, 2.75) is 13.5 Å². The Balaban J connectivity index is 1.55. The van der Waals surface area contributed by atoms with Gasteiger partial charge in [0.05, 0.1) is 25.0 Å². The van der Waals surface area contributed by atoms with Gasteiger partial charge in [-0.15, -0.1) is 0 Å². The van der Waals surface area contributed by atoms with Crippen LogP contribution >= 0.6 is 0 Å². The van der Waals surface area contributed by atoms with Crippen LogP contribution < -0.4 is 14.8 Å². The maximum Gasteiger partial charge on any atom is 0.258 e. The lowest BCUT2D eigenvalue weighted by atomic mass is 10.1. The number of nitrogens with one attached hydrogen (secondary N) is 1. The van der Waals surface area contributed by atoms with Crippen LogP contribution in [0.25, 0.3) is 11.3 Å². The molecule has 2 aromatic carbocycles. The lowest BCUT2D eigenvalue weighted by Gasteiger charge is -2.11. The number of rotatable bonds is 7. The van der Waals surface area contributed by atoms with Crippen LogP contribution in [-0.2, 0) is 11.3 Å². The quantitative estimate of drug-likeness (QED) is 0.698. The average Bonchev–Trinajstić information content (AvgIpc) is 2.72. The summed E-state index contributed by atoms with van der Waals surface area (Å²) in [5.41, 5.74) is 3.60. The van der Waals surface area contributed by atoms with Crippen molar-refractivity contribution in [2.75, 3.05) is 13.7 Å². The fourth-order valence-electron chi connectivity index (χ4n) is 2.54. The molecule has 0 radical (unpaired) electrons. The van der Waals surface area contributed by atoms with Crippen molar-refractivity contribution in [3.63, 3.8) is 0 Å². The molecular formula is C21H21N3O3. The van der Waals surface area contributed by atoms with Gasteiger partial charge < -0.3 is 14.8 Å². The number of hydrogen-bond acceptors (Lipinski definition) is 5. The minimum Gasteiger partial charge on any atom is -0.493 e. The zero-order chi connectivity index (χ0) is 19.1. The molecule has 1 aromatic heterocycles. The number of hydrogen-bond donors (Lipinski definition) is 1. The van der Waals surface area contributed by atoms with Gasteiger partial charge in [0, 0.05) is 5.56 Å². The second kappa shape index (κ2) is 8.80. The van der Waals surface area contributed by atoms with Gasteiger partial charge in [0.25, 0.3) is 5.91 Å². The van der Waals surface area contributed by atoms with E-state index in [2.05, 4.69) is 15.3 Å². The van der Waals surface area contributed by atoms with Crippen molar-refractivity contribution < 1.29 is 14.3 Å². The summed E-state index contributed by atoms with van der Waals surface area (Å²) >= 11 is 0. The Labute approximate surface area is 158 Å². The highest BCUT2D eigenvalue weighted by molar-refractivity contribution is 5.77. The Bertz CT molecular complexity index is 914. The van der Waals surface area contributed by atoms with Crippen molar-refractivity contribution in [2.24, 2.45) is 0 Å². The summed E-state index contributed by atoms with van der Waals surface area (Å²) < 4.78 is 10.8. The molecule has 0 spiro atoms.